The number of nitrogens with one attached hydrogen (secondary N) is 2. The molecule has 0 aliphatic carbocycles. The molecule has 0 unspecified atom stereocenters. The summed E-state index contributed by atoms with van der Waals surface area (Å²) in [6.07, 6.45) is 1.80. The highest BCUT2D eigenvalue weighted by molar-refractivity contribution is 7.92. The maximum Gasteiger partial charge on any atom is 0.261 e. The number of hydrogen-bond donors (Lipinski definition) is 2. The van der Waals surface area contributed by atoms with E-state index < -0.39 is 10.0 Å². The average Bonchev–Trinajstić information content (AvgIpc) is 2.79. The minimum absolute atomic E-state index is 0. The molecule has 0 amide bonds. The second kappa shape index (κ2) is 9.11. The first kappa shape index (κ1) is 22.6. The van der Waals surface area contributed by atoms with Crippen molar-refractivity contribution >= 4 is 67.1 Å². The number of nitrogens with zero attached hydrogens (tertiary/aromatic N) is 2. The normalized spacial score (nSPS) is 14.3. The van der Waals surface area contributed by atoms with E-state index >= 15 is 0 Å². The summed E-state index contributed by atoms with van der Waals surface area (Å²) in [5.74, 6) is 0. The first-order valence-corrected chi connectivity index (χ1v) is 11.9. The zero-order valence-electron chi connectivity index (χ0n) is 17.1. The third-order valence-electron chi connectivity index (χ3n) is 5.54. The van der Waals surface area contributed by atoms with Crippen molar-refractivity contribution in [1.82, 2.24) is 10.3 Å². The van der Waals surface area contributed by atoms with Crippen LogP contribution in [0.4, 0.5) is 11.4 Å². The number of fused-ring (bicyclic) bond motifs is 2. The molecule has 1 saturated heterocycles. The van der Waals surface area contributed by atoms with Gasteiger partial charge in [-0.25, -0.2) is 8.42 Å². The zero-order valence-corrected chi connectivity index (χ0v) is 19.5. The van der Waals surface area contributed by atoms with E-state index in [1.807, 2.05) is 30.3 Å². The summed E-state index contributed by atoms with van der Waals surface area (Å²) in [7, 11) is -3.76. The van der Waals surface area contributed by atoms with Crippen LogP contribution in [0.15, 0.2) is 71.8 Å². The predicted molar refractivity (Wildman–Crippen MR) is 134 cm³/mol. The Balaban J connectivity index is 0.00000245. The van der Waals surface area contributed by atoms with Crippen LogP contribution >= 0.6 is 24.0 Å². The molecule has 0 saturated carbocycles. The summed E-state index contributed by atoms with van der Waals surface area (Å²) in [6.45, 7) is 3.63. The number of halogens is 2. The molecule has 1 fully saturated rings. The molecule has 0 spiro atoms. The maximum atomic E-state index is 13.1. The molecular weight excluding hydrogens is 467 g/mol. The molecule has 2 N–H and O–H groups in total. The van der Waals surface area contributed by atoms with E-state index in [2.05, 4.69) is 19.9 Å². The Bertz CT molecular complexity index is 1390. The van der Waals surface area contributed by atoms with E-state index in [0.29, 0.717) is 10.7 Å². The van der Waals surface area contributed by atoms with Gasteiger partial charge in [0, 0.05) is 59.5 Å². The van der Waals surface area contributed by atoms with E-state index in [1.165, 1.54) is 0 Å². The fraction of sp³-hybridized carbons (Fsp3) is 0.174. The van der Waals surface area contributed by atoms with Gasteiger partial charge in [0.25, 0.3) is 10.0 Å². The monoisotopic (exact) mass is 488 g/mol. The number of pyridine rings is 1. The van der Waals surface area contributed by atoms with Crippen LogP contribution in [-0.2, 0) is 10.0 Å². The predicted octanol–water partition coefficient (Wildman–Crippen LogP) is 4.67. The lowest BCUT2D eigenvalue weighted by molar-refractivity contribution is 0.590. The van der Waals surface area contributed by atoms with Gasteiger partial charge in [-0.3, -0.25) is 9.71 Å². The summed E-state index contributed by atoms with van der Waals surface area (Å²) in [4.78, 5) is 6.93. The van der Waals surface area contributed by atoms with Crippen molar-refractivity contribution in [1.29, 1.82) is 0 Å². The summed E-state index contributed by atoms with van der Waals surface area (Å²) in [5, 5.41) is 6.47. The first-order chi connectivity index (χ1) is 15.0. The molecule has 2 heterocycles. The van der Waals surface area contributed by atoms with Crippen LogP contribution in [0, 0.1) is 0 Å². The maximum absolute atomic E-state index is 13.1. The smallest absolute Gasteiger partial charge is 0.261 e. The standard InChI is InChI=1S/C23H21ClN4O2S.ClH/c24-21-3-1-2-16-14-18(5-6-19(16)21)31(29,30)27-17-4-7-22-20(15-17)23(8-9-26-22)28-12-10-25-11-13-28;/h1-9,14-15,25,27H,10-13H2;1H. The molecule has 32 heavy (non-hydrogen) atoms. The molecular formula is C23H22Cl2N4O2S. The van der Waals surface area contributed by atoms with Crippen molar-refractivity contribution in [3.05, 3.63) is 71.9 Å². The minimum atomic E-state index is -3.76. The van der Waals surface area contributed by atoms with E-state index in [9.17, 15) is 8.42 Å². The fourth-order valence-electron chi connectivity index (χ4n) is 3.98. The van der Waals surface area contributed by atoms with E-state index in [0.717, 1.165) is 53.5 Å². The van der Waals surface area contributed by atoms with Gasteiger partial charge >= 0.3 is 0 Å². The SMILES string of the molecule is Cl.O=S(=O)(Nc1ccc2nccc(N3CCNCC3)c2c1)c1ccc2c(Cl)cccc2c1. The first-order valence-electron chi connectivity index (χ1n) is 10.1. The highest BCUT2D eigenvalue weighted by atomic mass is 35.5. The van der Waals surface area contributed by atoms with Crippen LogP contribution < -0.4 is 14.9 Å². The second-order valence-corrected chi connectivity index (χ2v) is 9.62. The highest BCUT2D eigenvalue weighted by Crippen LogP contribution is 2.30. The van der Waals surface area contributed by atoms with E-state index in [-0.39, 0.29) is 17.3 Å². The lowest BCUT2D eigenvalue weighted by atomic mass is 10.1. The van der Waals surface area contributed by atoms with Gasteiger partial charge in [0.2, 0.25) is 0 Å². The van der Waals surface area contributed by atoms with Crippen molar-refractivity contribution in [2.45, 2.75) is 4.90 Å². The third-order valence-corrected chi connectivity index (χ3v) is 7.25. The number of hydrogen-bond acceptors (Lipinski definition) is 5. The third kappa shape index (κ3) is 4.34. The molecule has 3 aromatic carbocycles. The van der Waals surface area contributed by atoms with Gasteiger partial charge in [-0.15, -0.1) is 12.4 Å². The summed E-state index contributed by atoms with van der Waals surface area (Å²) < 4.78 is 28.9. The molecule has 9 heteroatoms. The van der Waals surface area contributed by atoms with Crippen molar-refractivity contribution in [2.24, 2.45) is 0 Å². The lowest BCUT2D eigenvalue weighted by Gasteiger charge is -2.30. The fourth-order valence-corrected chi connectivity index (χ4v) is 5.31. The van der Waals surface area contributed by atoms with Gasteiger partial charge in [0.1, 0.15) is 0 Å². The molecule has 4 aromatic rings. The number of piperazine rings is 1. The van der Waals surface area contributed by atoms with Gasteiger partial charge in [-0.05, 0) is 47.9 Å². The van der Waals surface area contributed by atoms with E-state index in [1.54, 1.807) is 36.5 Å². The van der Waals surface area contributed by atoms with Crippen LogP contribution in [-0.4, -0.2) is 39.6 Å². The largest absolute Gasteiger partial charge is 0.368 e. The summed E-state index contributed by atoms with van der Waals surface area (Å²) in [5.41, 5.74) is 2.40. The number of aromatic nitrogens is 1. The zero-order chi connectivity index (χ0) is 21.4. The van der Waals surface area contributed by atoms with Crippen molar-refractivity contribution in [2.75, 3.05) is 35.8 Å². The Morgan fingerprint density at radius 2 is 1.78 bits per heavy atom. The molecule has 0 atom stereocenters. The molecule has 1 aliphatic rings. The molecule has 5 rings (SSSR count). The van der Waals surface area contributed by atoms with Crippen LogP contribution in [0.25, 0.3) is 21.7 Å². The van der Waals surface area contributed by atoms with Crippen LogP contribution in [0.3, 0.4) is 0 Å². The van der Waals surface area contributed by atoms with Gasteiger partial charge in [0.05, 0.1) is 10.4 Å². The molecule has 0 bridgehead atoms. The topological polar surface area (TPSA) is 74.3 Å². The van der Waals surface area contributed by atoms with Crippen molar-refractivity contribution in [3.63, 3.8) is 0 Å². The number of anilines is 2. The number of sulfonamides is 1. The van der Waals surface area contributed by atoms with Crippen LogP contribution in [0.2, 0.25) is 5.02 Å². The molecule has 6 nitrogen and oxygen atoms in total. The Morgan fingerprint density at radius 3 is 2.59 bits per heavy atom. The quantitative estimate of drug-likeness (QED) is 0.436. The van der Waals surface area contributed by atoms with E-state index in [4.69, 9.17) is 11.6 Å². The average molecular weight is 489 g/mol. The van der Waals surface area contributed by atoms with Gasteiger partial charge < -0.3 is 10.2 Å². The molecule has 1 aromatic heterocycles. The Morgan fingerprint density at radius 1 is 0.969 bits per heavy atom. The van der Waals surface area contributed by atoms with Gasteiger partial charge in [-0.2, -0.15) is 0 Å². The summed E-state index contributed by atoms with van der Waals surface area (Å²) in [6, 6.07) is 17.8. The van der Waals surface area contributed by atoms with Gasteiger partial charge in [-0.1, -0.05) is 29.8 Å². The molecule has 166 valence electrons. The minimum Gasteiger partial charge on any atom is -0.368 e. The Hall–Kier alpha value is -2.58. The second-order valence-electron chi connectivity index (χ2n) is 7.53. The van der Waals surface area contributed by atoms with Crippen LogP contribution in [0.5, 0.6) is 0 Å². The van der Waals surface area contributed by atoms with Crippen molar-refractivity contribution < 1.29 is 8.42 Å². The lowest BCUT2D eigenvalue weighted by Crippen LogP contribution is -2.43. The highest BCUT2D eigenvalue weighted by Gasteiger charge is 2.18. The number of rotatable bonds is 4. The Labute approximate surface area is 198 Å². The number of benzene rings is 3. The van der Waals surface area contributed by atoms with Gasteiger partial charge in [0.15, 0.2) is 0 Å². The molecule has 0 radical (unpaired) electrons. The summed E-state index contributed by atoms with van der Waals surface area (Å²) >= 11 is 6.21. The molecule has 1 aliphatic heterocycles. The Kier molecular flexibility index (Phi) is 6.44. The van der Waals surface area contributed by atoms with Crippen molar-refractivity contribution in [3.8, 4) is 0 Å². The van der Waals surface area contributed by atoms with Crippen LogP contribution in [0.1, 0.15) is 0 Å².